The third-order valence-electron chi connectivity index (χ3n) is 2.94. The first kappa shape index (κ1) is 12.4. The number of hydrogen-bond donors (Lipinski definition) is 2. The summed E-state index contributed by atoms with van der Waals surface area (Å²) in [4.78, 5) is 12.3. The summed E-state index contributed by atoms with van der Waals surface area (Å²) in [5, 5.41) is 6.54. The zero-order chi connectivity index (χ0) is 12.3. The highest BCUT2D eigenvalue weighted by Crippen LogP contribution is 2.37. The lowest BCUT2D eigenvalue weighted by atomic mass is 10.3. The van der Waals surface area contributed by atoms with E-state index >= 15 is 0 Å². The van der Waals surface area contributed by atoms with Gasteiger partial charge in [-0.25, -0.2) is 0 Å². The molecule has 1 saturated carbocycles. The second kappa shape index (κ2) is 5.49. The molecule has 2 rings (SSSR count). The van der Waals surface area contributed by atoms with Gasteiger partial charge in [-0.1, -0.05) is 13.8 Å². The zero-order valence-electron chi connectivity index (χ0n) is 10.2. The molecule has 0 saturated heterocycles. The molecule has 1 aliphatic carbocycles. The lowest BCUT2D eigenvalue weighted by Crippen LogP contribution is -2.11. The van der Waals surface area contributed by atoms with Crippen molar-refractivity contribution in [2.45, 2.75) is 26.7 Å². The Bertz CT molecular complexity index is 384. The summed E-state index contributed by atoms with van der Waals surface area (Å²) in [5.41, 5.74) is 0. The number of hydrogen-bond acceptors (Lipinski definition) is 5. The molecule has 1 aromatic rings. The predicted molar refractivity (Wildman–Crippen MR) is 69.4 cm³/mol. The van der Waals surface area contributed by atoms with Crippen LogP contribution in [0.2, 0.25) is 5.28 Å². The van der Waals surface area contributed by atoms with Crippen LogP contribution in [-0.4, -0.2) is 28.0 Å². The standard InChI is InChI=1S/C11H18ClN5/c1-3-4-13-10-15-9(12)16-11(17-10)14-6-8-5-7(8)2/h7-8H,3-6H2,1-2H3,(H2,13,14,15,16,17). The van der Waals surface area contributed by atoms with E-state index in [0.29, 0.717) is 11.9 Å². The molecule has 0 bridgehead atoms. The summed E-state index contributed by atoms with van der Waals surface area (Å²) in [6.07, 6.45) is 2.30. The van der Waals surface area contributed by atoms with Gasteiger partial charge in [0.05, 0.1) is 0 Å². The van der Waals surface area contributed by atoms with Crippen LogP contribution in [0.25, 0.3) is 0 Å². The van der Waals surface area contributed by atoms with Gasteiger partial charge in [0.2, 0.25) is 17.2 Å². The summed E-state index contributed by atoms with van der Waals surface area (Å²) >= 11 is 5.85. The maximum Gasteiger partial charge on any atom is 0.228 e. The highest BCUT2D eigenvalue weighted by Gasteiger charge is 2.32. The molecule has 17 heavy (non-hydrogen) atoms. The Kier molecular flexibility index (Phi) is 3.99. The summed E-state index contributed by atoms with van der Waals surface area (Å²) in [5.74, 6) is 2.66. The lowest BCUT2D eigenvalue weighted by Gasteiger charge is -2.07. The van der Waals surface area contributed by atoms with Crippen LogP contribution in [0.5, 0.6) is 0 Å². The van der Waals surface area contributed by atoms with Gasteiger partial charge < -0.3 is 10.6 Å². The Morgan fingerprint density at radius 3 is 2.47 bits per heavy atom. The molecule has 0 aromatic carbocycles. The van der Waals surface area contributed by atoms with Gasteiger partial charge in [-0.3, -0.25) is 0 Å². The van der Waals surface area contributed by atoms with Crippen LogP contribution < -0.4 is 10.6 Å². The van der Waals surface area contributed by atoms with E-state index in [0.717, 1.165) is 31.3 Å². The number of rotatable bonds is 6. The van der Waals surface area contributed by atoms with Crippen molar-refractivity contribution in [2.24, 2.45) is 11.8 Å². The average molecular weight is 256 g/mol. The van der Waals surface area contributed by atoms with Crippen molar-refractivity contribution in [3.8, 4) is 0 Å². The monoisotopic (exact) mass is 255 g/mol. The van der Waals surface area contributed by atoms with E-state index in [2.05, 4.69) is 39.4 Å². The molecule has 1 aliphatic rings. The molecule has 2 unspecified atom stereocenters. The van der Waals surface area contributed by atoms with Crippen LogP contribution in [0, 0.1) is 11.8 Å². The van der Waals surface area contributed by atoms with E-state index < -0.39 is 0 Å². The first-order valence-electron chi connectivity index (χ1n) is 6.08. The lowest BCUT2D eigenvalue weighted by molar-refractivity contribution is 0.779. The van der Waals surface area contributed by atoms with Crippen LogP contribution >= 0.6 is 11.6 Å². The molecule has 1 fully saturated rings. The molecular weight excluding hydrogens is 238 g/mol. The molecule has 0 radical (unpaired) electrons. The van der Waals surface area contributed by atoms with E-state index in [1.807, 2.05) is 0 Å². The maximum atomic E-state index is 5.85. The van der Waals surface area contributed by atoms with Crippen LogP contribution in [0.4, 0.5) is 11.9 Å². The first-order chi connectivity index (χ1) is 8.19. The van der Waals surface area contributed by atoms with Crippen molar-refractivity contribution in [1.82, 2.24) is 15.0 Å². The van der Waals surface area contributed by atoms with Gasteiger partial charge in [0, 0.05) is 13.1 Å². The fourth-order valence-electron chi connectivity index (χ4n) is 1.65. The topological polar surface area (TPSA) is 62.7 Å². The summed E-state index contributed by atoms with van der Waals surface area (Å²) < 4.78 is 0. The zero-order valence-corrected chi connectivity index (χ0v) is 11.0. The Morgan fingerprint density at radius 1 is 1.24 bits per heavy atom. The SMILES string of the molecule is CCCNc1nc(Cl)nc(NCC2CC2C)n1. The van der Waals surface area contributed by atoms with Gasteiger partial charge in [0.15, 0.2) is 0 Å². The number of nitrogens with one attached hydrogen (secondary N) is 2. The largest absolute Gasteiger partial charge is 0.354 e. The van der Waals surface area contributed by atoms with Gasteiger partial charge >= 0.3 is 0 Å². The Balaban J connectivity index is 1.93. The van der Waals surface area contributed by atoms with Crippen molar-refractivity contribution in [3.05, 3.63) is 5.28 Å². The van der Waals surface area contributed by atoms with Crippen LogP contribution in [0.1, 0.15) is 26.7 Å². The van der Waals surface area contributed by atoms with Crippen LogP contribution in [-0.2, 0) is 0 Å². The van der Waals surface area contributed by atoms with Gasteiger partial charge in [-0.2, -0.15) is 15.0 Å². The average Bonchev–Trinajstić information content (AvgIpc) is 2.99. The van der Waals surface area contributed by atoms with Crippen LogP contribution in [0.3, 0.4) is 0 Å². The van der Waals surface area contributed by atoms with Gasteiger partial charge in [-0.15, -0.1) is 0 Å². The van der Waals surface area contributed by atoms with Crippen LogP contribution in [0.15, 0.2) is 0 Å². The Labute approximate surface area is 106 Å². The van der Waals surface area contributed by atoms with Gasteiger partial charge in [-0.05, 0) is 36.3 Å². The van der Waals surface area contributed by atoms with E-state index in [1.165, 1.54) is 6.42 Å². The molecule has 94 valence electrons. The van der Waals surface area contributed by atoms with E-state index in [-0.39, 0.29) is 5.28 Å². The van der Waals surface area contributed by atoms with Crippen molar-refractivity contribution < 1.29 is 0 Å². The molecule has 0 spiro atoms. The molecule has 6 heteroatoms. The molecule has 0 amide bonds. The minimum atomic E-state index is 0.227. The van der Waals surface area contributed by atoms with Gasteiger partial charge in [0.25, 0.3) is 0 Å². The molecule has 2 N–H and O–H groups in total. The van der Waals surface area contributed by atoms with E-state index in [9.17, 15) is 0 Å². The number of aromatic nitrogens is 3. The summed E-state index contributed by atoms with van der Waals surface area (Å²) in [6, 6.07) is 0. The third-order valence-corrected chi connectivity index (χ3v) is 3.11. The number of halogens is 1. The van der Waals surface area contributed by atoms with E-state index in [4.69, 9.17) is 11.6 Å². The van der Waals surface area contributed by atoms with Crippen molar-refractivity contribution in [3.63, 3.8) is 0 Å². The second-order valence-electron chi connectivity index (χ2n) is 4.53. The first-order valence-corrected chi connectivity index (χ1v) is 6.46. The Hall–Kier alpha value is -1.10. The number of anilines is 2. The number of nitrogens with zero attached hydrogens (tertiary/aromatic N) is 3. The molecule has 1 aromatic heterocycles. The smallest absolute Gasteiger partial charge is 0.228 e. The highest BCUT2D eigenvalue weighted by atomic mass is 35.5. The molecule has 0 aliphatic heterocycles. The van der Waals surface area contributed by atoms with Crippen molar-refractivity contribution in [1.29, 1.82) is 0 Å². The van der Waals surface area contributed by atoms with Crippen molar-refractivity contribution in [2.75, 3.05) is 23.7 Å². The third kappa shape index (κ3) is 3.70. The molecule has 1 heterocycles. The van der Waals surface area contributed by atoms with E-state index in [1.54, 1.807) is 0 Å². The highest BCUT2D eigenvalue weighted by molar-refractivity contribution is 6.28. The second-order valence-corrected chi connectivity index (χ2v) is 4.87. The van der Waals surface area contributed by atoms with Gasteiger partial charge in [0.1, 0.15) is 0 Å². The normalized spacial score (nSPS) is 22.3. The molecule has 5 nitrogen and oxygen atoms in total. The minimum Gasteiger partial charge on any atom is -0.354 e. The molecular formula is C11H18ClN5. The van der Waals surface area contributed by atoms with Crippen molar-refractivity contribution >= 4 is 23.5 Å². The fourth-order valence-corrected chi connectivity index (χ4v) is 1.81. The molecule has 2 atom stereocenters. The summed E-state index contributed by atoms with van der Waals surface area (Å²) in [7, 11) is 0. The minimum absolute atomic E-state index is 0.227. The Morgan fingerprint density at radius 2 is 1.88 bits per heavy atom. The summed E-state index contributed by atoms with van der Waals surface area (Å²) in [6.45, 7) is 6.08. The fraction of sp³-hybridized carbons (Fsp3) is 0.727. The maximum absolute atomic E-state index is 5.85. The predicted octanol–water partition coefficient (Wildman–Crippen LogP) is 2.41. The quantitative estimate of drug-likeness (QED) is 0.817.